The molecule has 0 aliphatic carbocycles. The lowest BCUT2D eigenvalue weighted by Crippen LogP contribution is -2.20. The summed E-state index contributed by atoms with van der Waals surface area (Å²) in [5, 5.41) is 17.0. The lowest BCUT2D eigenvalue weighted by Gasteiger charge is -2.30. The molecule has 0 saturated heterocycles. The van der Waals surface area contributed by atoms with Gasteiger partial charge in [0.1, 0.15) is 16.4 Å². The number of ether oxygens (including phenoxy) is 1. The highest BCUT2D eigenvalue weighted by Crippen LogP contribution is 2.46. The summed E-state index contributed by atoms with van der Waals surface area (Å²) in [5.41, 5.74) is 6.35. The quantitative estimate of drug-likeness (QED) is 0.208. The van der Waals surface area contributed by atoms with Gasteiger partial charge in [0.05, 0.1) is 17.2 Å². The Balaban J connectivity index is 1.57. The Labute approximate surface area is 204 Å². The number of hydrazone groups is 1. The molecule has 5 rings (SSSR count). The highest BCUT2D eigenvalue weighted by atomic mass is 32.1. The van der Waals surface area contributed by atoms with Crippen molar-refractivity contribution in [2.75, 3.05) is 0 Å². The van der Waals surface area contributed by atoms with Gasteiger partial charge < -0.3 is 9.15 Å². The molecule has 2 aromatic carbocycles. The fourth-order valence-corrected chi connectivity index (χ4v) is 4.75. The number of carbonyl (C=O) groups is 1. The van der Waals surface area contributed by atoms with Crippen LogP contribution < -0.4 is 10.2 Å². The van der Waals surface area contributed by atoms with Crippen molar-refractivity contribution >= 4 is 35.1 Å². The van der Waals surface area contributed by atoms with Crippen LogP contribution in [0.1, 0.15) is 38.0 Å². The maximum absolute atomic E-state index is 12.5. The van der Waals surface area contributed by atoms with Gasteiger partial charge in [0.15, 0.2) is 0 Å². The number of rotatable bonds is 6. The molecule has 1 aliphatic rings. The maximum atomic E-state index is 12.5. The molecule has 3 heterocycles. The topological polar surface area (TPSA) is 107 Å². The molecule has 1 N–H and O–H groups in total. The minimum Gasteiger partial charge on any atom is -0.455 e. The summed E-state index contributed by atoms with van der Waals surface area (Å²) < 4.78 is 11.3. The van der Waals surface area contributed by atoms with E-state index in [1.807, 2.05) is 53.9 Å². The standard InChI is InChI=1S/C26H19N3O5S/c1-16-7-2-3-8-17(16)24-18-9-4-5-10-20(18)34-25(22-11-6-14-35-22)19(24)15-27-28-26(30)21-12-13-23(33-21)29(31)32/h2-15,24H,1H3,(H,28,30)/b27-15-/t24-/m1/s1. The molecular formula is C26H19N3O5S. The van der Waals surface area contributed by atoms with Crippen LogP contribution >= 0.6 is 11.3 Å². The zero-order chi connectivity index (χ0) is 24.4. The monoisotopic (exact) mass is 485 g/mol. The van der Waals surface area contributed by atoms with Gasteiger partial charge >= 0.3 is 11.8 Å². The molecule has 35 heavy (non-hydrogen) atoms. The molecule has 1 atom stereocenters. The van der Waals surface area contributed by atoms with Gasteiger partial charge in [-0.15, -0.1) is 11.3 Å². The first-order valence-electron chi connectivity index (χ1n) is 10.7. The van der Waals surface area contributed by atoms with E-state index < -0.39 is 16.7 Å². The number of nitro groups is 1. The van der Waals surface area contributed by atoms with Crippen molar-refractivity contribution in [1.82, 2.24) is 5.43 Å². The highest BCUT2D eigenvalue weighted by Gasteiger charge is 2.32. The molecule has 1 aliphatic heterocycles. The van der Waals surface area contributed by atoms with Gasteiger partial charge in [-0.1, -0.05) is 48.5 Å². The van der Waals surface area contributed by atoms with E-state index in [2.05, 4.69) is 29.6 Å². The van der Waals surface area contributed by atoms with Crippen LogP contribution in [0.25, 0.3) is 5.76 Å². The summed E-state index contributed by atoms with van der Waals surface area (Å²) in [4.78, 5) is 23.5. The molecular weight excluding hydrogens is 466 g/mol. The first-order chi connectivity index (χ1) is 17.0. The number of allylic oxidation sites excluding steroid dienone is 1. The molecule has 4 aromatic rings. The summed E-state index contributed by atoms with van der Waals surface area (Å²) in [5.74, 6) is -0.201. The second-order valence-corrected chi connectivity index (χ2v) is 8.73. The third kappa shape index (κ3) is 4.36. The molecule has 0 spiro atoms. The van der Waals surface area contributed by atoms with Crippen molar-refractivity contribution in [3.8, 4) is 5.75 Å². The highest BCUT2D eigenvalue weighted by molar-refractivity contribution is 7.11. The summed E-state index contributed by atoms with van der Waals surface area (Å²) in [7, 11) is 0. The van der Waals surface area contributed by atoms with Crippen molar-refractivity contribution < 1.29 is 18.9 Å². The average molecular weight is 486 g/mol. The van der Waals surface area contributed by atoms with Crippen molar-refractivity contribution in [3.05, 3.63) is 121 Å². The summed E-state index contributed by atoms with van der Waals surface area (Å²) >= 11 is 1.54. The van der Waals surface area contributed by atoms with Gasteiger partial charge in [0, 0.05) is 17.1 Å². The Morgan fingerprint density at radius 3 is 2.54 bits per heavy atom. The first-order valence-corrected chi connectivity index (χ1v) is 11.6. The SMILES string of the molecule is Cc1ccccc1[C@H]1C(/C=N\NC(=O)c2ccc([N+](=O)[O-])o2)=C(c2cccs2)Oc2ccccc21. The van der Waals surface area contributed by atoms with Crippen molar-refractivity contribution in [2.24, 2.45) is 5.10 Å². The van der Waals surface area contributed by atoms with Crippen LogP contribution in [0.2, 0.25) is 0 Å². The Bertz CT molecular complexity index is 1470. The number of amides is 1. The minimum atomic E-state index is -0.707. The van der Waals surface area contributed by atoms with Gasteiger partial charge in [0.25, 0.3) is 0 Å². The number of benzene rings is 2. The molecule has 8 nitrogen and oxygen atoms in total. The molecule has 0 unspecified atom stereocenters. The molecule has 0 bridgehead atoms. The van der Waals surface area contributed by atoms with E-state index in [1.54, 1.807) is 17.6 Å². The van der Waals surface area contributed by atoms with Gasteiger partial charge in [-0.05, 0) is 41.6 Å². The molecule has 174 valence electrons. The lowest BCUT2D eigenvalue weighted by molar-refractivity contribution is -0.402. The number of furan rings is 1. The van der Waals surface area contributed by atoms with Gasteiger partial charge in [-0.3, -0.25) is 14.9 Å². The molecule has 0 radical (unpaired) electrons. The lowest BCUT2D eigenvalue weighted by atomic mass is 9.80. The van der Waals surface area contributed by atoms with E-state index in [4.69, 9.17) is 9.15 Å². The fourth-order valence-electron chi connectivity index (χ4n) is 4.02. The average Bonchev–Trinajstić information content (AvgIpc) is 3.57. The van der Waals surface area contributed by atoms with E-state index in [0.29, 0.717) is 5.76 Å². The number of para-hydroxylation sites is 1. The number of fused-ring (bicyclic) bond motifs is 1. The predicted molar refractivity (Wildman–Crippen MR) is 133 cm³/mol. The number of hydrogen-bond donors (Lipinski definition) is 1. The van der Waals surface area contributed by atoms with Gasteiger partial charge in [0.2, 0.25) is 5.76 Å². The summed E-state index contributed by atoms with van der Waals surface area (Å²) in [6.45, 7) is 2.05. The maximum Gasteiger partial charge on any atom is 0.433 e. The predicted octanol–water partition coefficient (Wildman–Crippen LogP) is 5.91. The number of aryl methyl sites for hydroxylation is 1. The van der Waals surface area contributed by atoms with E-state index in [0.717, 1.165) is 39.0 Å². The van der Waals surface area contributed by atoms with Crippen LogP contribution in [0.5, 0.6) is 5.75 Å². The van der Waals surface area contributed by atoms with E-state index >= 15 is 0 Å². The second-order valence-electron chi connectivity index (χ2n) is 7.79. The third-order valence-corrected chi connectivity index (χ3v) is 6.49. The van der Waals surface area contributed by atoms with Crippen LogP contribution in [-0.2, 0) is 0 Å². The van der Waals surface area contributed by atoms with Crippen LogP contribution in [0.15, 0.2) is 93.3 Å². The van der Waals surface area contributed by atoms with Gasteiger partial charge in [-0.2, -0.15) is 5.10 Å². The third-order valence-electron chi connectivity index (χ3n) is 5.62. The van der Waals surface area contributed by atoms with Crippen molar-refractivity contribution in [1.29, 1.82) is 0 Å². The molecule has 9 heteroatoms. The zero-order valence-corrected chi connectivity index (χ0v) is 19.3. The van der Waals surface area contributed by atoms with Crippen molar-refractivity contribution in [2.45, 2.75) is 12.8 Å². The number of thiophene rings is 1. The Morgan fingerprint density at radius 2 is 1.83 bits per heavy atom. The largest absolute Gasteiger partial charge is 0.455 e. The number of hydrogen-bond acceptors (Lipinski definition) is 7. The van der Waals surface area contributed by atoms with Crippen LogP contribution in [-0.4, -0.2) is 17.0 Å². The Morgan fingerprint density at radius 1 is 1.06 bits per heavy atom. The van der Waals surface area contributed by atoms with Crippen LogP contribution in [0, 0.1) is 17.0 Å². The second kappa shape index (κ2) is 9.40. The van der Waals surface area contributed by atoms with E-state index in [-0.39, 0.29) is 11.7 Å². The normalized spacial score (nSPS) is 15.1. The fraction of sp³-hybridized carbons (Fsp3) is 0.0769. The zero-order valence-electron chi connectivity index (χ0n) is 18.5. The van der Waals surface area contributed by atoms with Gasteiger partial charge in [-0.25, -0.2) is 5.43 Å². The van der Waals surface area contributed by atoms with Crippen molar-refractivity contribution in [3.63, 3.8) is 0 Å². The number of nitrogens with zero attached hydrogens (tertiary/aromatic N) is 2. The van der Waals surface area contributed by atoms with Crippen LogP contribution in [0.4, 0.5) is 5.88 Å². The molecule has 0 fully saturated rings. The van der Waals surface area contributed by atoms with E-state index in [1.165, 1.54) is 6.07 Å². The number of nitrogens with one attached hydrogen (secondary N) is 1. The van der Waals surface area contributed by atoms with E-state index in [9.17, 15) is 14.9 Å². The smallest absolute Gasteiger partial charge is 0.433 e. The molecule has 1 amide bonds. The van der Waals surface area contributed by atoms with Crippen LogP contribution in [0.3, 0.4) is 0 Å². The summed E-state index contributed by atoms with van der Waals surface area (Å²) in [6, 6.07) is 22.2. The minimum absolute atomic E-state index is 0.191. The summed E-state index contributed by atoms with van der Waals surface area (Å²) in [6.07, 6.45) is 1.57. The first kappa shape index (κ1) is 22.3. The molecule has 2 aromatic heterocycles. The Hall–Kier alpha value is -4.50. The molecule has 0 saturated carbocycles. The number of carbonyl (C=O) groups excluding carboxylic acids is 1. The Kier molecular flexibility index (Phi) is 5.99.